The topological polar surface area (TPSA) is 86.9 Å². The van der Waals surface area contributed by atoms with Crippen molar-refractivity contribution in [2.75, 3.05) is 5.73 Å². The zero-order valence-corrected chi connectivity index (χ0v) is 13.9. The van der Waals surface area contributed by atoms with E-state index in [2.05, 4.69) is 9.97 Å². The number of rotatable bonds is 4. The van der Waals surface area contributed by atoms with Crippen molar-refractivity contribution in [2.45, 2.75) is 6.54 Å². The molecule has 0 radical (unpaired) electrons. The van der Waals surface area contributed by atoms with Crippen LogP contribution in [0.3, 0.4) is 0 Å². The highest BCUT2D eigenvalue weighted by atomic mass is 16.3. The SMILES string of the molecule is Nc1ncc(-c2ccn(Cc3ccccc3)c(=O)c2)c(-c2ccco2)n1. The minimum Gasteiger partial charge on any atom is -0.463 e. The molecule has 0 bridgehead atoms. The van der Waals surface area contributed by atoms with Gasteiger partial charge < -0.3 is 14.7 Å². The maximum atomic E-state index is 12.6. The van der Waals surface area contributed by atoms with Gasteiger partial charge in [0, 0.05) is 24.0 Å². The van der Waals surface area contributed by atoms with E-state index in [4.69, 9.17) is 10.2 Å². The molecule has 0 fully saturated rings. The van der Waals surface area contributed by atoms with Gasteiger partial charge in [-0.25, -0.2) is 9.97 Å². The van der Waals surface area contributed by atoms with Gasteiger partial charge in [-0.05, 0) is 29.3 Å². The van der Waals surface area contributed by atoms with Crippen molar-refractivity contribution in [3.05, 3.63) is 89.2 Å². The maximum absolute atomic E-state index is 12.6. The molecule has 3 heterocycles. The van der Waals surface area contributed by atoms with E-state index in [9.17, 15) is 4.79 Å². The number of pyridine rings is 1. The first-order valence-electron chi connectivity index (χ1n) is 8.12. The Morgan fingerprint density at radius 2 is 1.92 bits per heavy atom. The minimum absolute atomic E-state index is 0.103. The number of hydrogen-bond acceptors (Lipinski definition) is 5. The molecule has 0 saturated heterocycles. The Hall–Kier alpha value is -3.67. The molecule has 26 heavy (non-hydrogen) atoms. The highest BCUT2D eigenvalue weighted by Gasteiger charge is 2.14. The second kappa shape index (κ2) is 6.68. The molecule has 4 rings (SSSR count). The summed E-state index contributed by atoms with van der Waals surface area (Å²) >= 11 is 0. The fourth-order valence-corrected chi connectivity index (χ4v) is 2.79. The second-order valence-electron chi connectivity index (χ2n) is 5.83. The lowest BCUT2D eigenvalue weighted by atomic mass is 10.1. The third kappa shape index (κ3) is 3.12. The molecular weight excluding hydrogens is 328 g/mol. The van der Waals surface area contributed by atoms with Gasteiger partial charge in [-0.3, -0.25) is 4.79 Å². The molecule has 1 aromatic carbocycles. The van der Waals surface area contributed by atoms with Crippen LogP contribution in [0.25, 0.3) is 22.6 Å². The number of nitrogens with two attached hydrogens (primary N) is 1. The zero-order valence-electron chi connectivity index (χ0n) is 13.9. The Morgan fingerprint density at radius 3 is 2.65 bits per heavy atom. The Labute approximate surface area is 149 Å². The van der Waals surface area contributed by atoms with E-state index in [0.29, 0.717) is 29.1 Å². The molecule has 0 aliphatic heterocycles. The van der Waals surface area contributed by atoms with Crippen LogP contribution in [0.2, 0.25) is 0 Å². The summed E-state index contributed by atoms with van der Waals surface area (Å²) in [5, 5.41) is 0. The van der Waals surface area contributed by atoms with E-state index in [-0.39, 0.29) is 11.5 Å². The predicted octanol–water partition coefficient (Wildman–Crippen LogP) is 3.20. The monoisotopic (exact) mass is 344 g/mol. The number of hydrogen-bond donors (Lipinski definition) is 1. The lowest BCUT2D eigenvalue weighted by molar-refractivity contribution is 0.580. The molecule has 6 heteroatoms. The molecule has 0 atom stereocenters. The summed E-state index contributed by atoms with van der Waals surface area (Å²) < 4.78 is 7.10. The van der Waals surface area contributed by atoms with Crippen molar-refractivity contribution in [3.8, 4) is 22.6 Å². The lowest BCUT2D eigenvalue weighted by Gasteiger charge is -2.10. The number of aromatic nitrogens is 3. The number of benzene rings is 1. The van der Waals surface area contributed by atoms with Crippen LogP contribution in [0.15, 0.2) is 82.5 Å². The molecule has 2 N–H and O–H groups in total. The van der Waals surface area contributed by atoms with Crippen LogP contribution < -0.4 is 11.3 Å². The first kappa shape index (κ1) is 15.8. The summed E-state index contributed by atoms with van der Waals surface area (Å²) in [7, 11) is 0. The quantitative estimate of drug-likeness (QED) is 0.614. The summed E-state index contributed by atoms with van der Waals surface area (Å²) in [4.78, 5) is 20.9. The minimum atomic E-state index is -0.103. The largest absolute Gasteiger partial charge is 0.463 e. The molecule has 3 aromatic heterocycles. The third-order valence-electron chi connectivity index (χ3n) is 4.06. The third-order valence-corrected chi connectivity index (χ3v) is 4.06. The molecule has 4 aromatic rings. The average molecular weight is 344 g/mol. The Balaban J connectivity index is 1.74. The van der Waals surface area contributed by atoms with Crippen LogP contribution in [-0.4, -0.2) is 14.5 Å². The first-order valence-corrected chi connectivity index (χ1v) is 8.12. The standard InChI is InChI=1S/C20H16N4O2/c21-20-22-12-16(19(23-20)17-7-4-10-26-17)15-8-9-24(18(25)11-15)13-14-5-2-1-3-6-14/h1-12H,13H2,(H2,21,22,23). The fourth-order valence-electron chi connectivity index (χ4n) is 2.79. The molecule has 0 unspecified atom stereocenters. The summed E-state index contributed by atoms with van der Waals surface area (Å²) in [6.45, 7) is 0.517. The molecule has 0 spiro atoms. The van der Waals surface area contributed by atoms with Crippen molar-refractivity contribution >= 4 is 5.95 Å². The molecule has 6 nitrogen and oxygen atoms in total. The number of nitrogens with zero attached hydrogens (tertiary/aromatic N) is 3. The second-order valence-corrected chi connectivity index (χ2v) is 5.83. The first-order chi connectivity index (χ1) is 12.7. The van der Waals surface area contributed by atoms with Crippen molar-refractivity contribution in [1.29, 1.82) is 0 Å². The smallest absolute Gasteiger partial charge is 0.251 e. The van der Waals surface area contributed by atoms with E-state index in [1.54, 1.807) is 41.4 Å². The Kier molecular flexibility index (Phi) is 4.07. The number of nitrogen functional groups attached to an aromatic ring is 1. The maximum Gasteiger partial charge on any atom is 0.251 e. The molecule has 128 valence electrons. The van der Waals surface area contributed by atoms with Gasteiger partial charge in [-0.1, -0.05) is 30.3 Å². The number of anilines is 1. The van der Waals surface area contributed by atoms with E-state index < -0.39 is 0 Å². The van der Waals surface area contributed by atoms with Gasteiger partial charge in [0.25, 0.3) is 5.56 Å². The van der Waals surface area contributed by atoms with Crippen molar-refractivity contribution < 1.29 is 4.42 Å². The molecule has 0 amide bonds. The number of furan rings is 1. The lowest BCUT2D eigenvalue weighted by Crippen LogP contribution is -2.19. The van der Waals surface area contributed by atoms with Crippen LogP contribution in [0.1, 0.15) is 5.56 Å². The Morgan fingerprint density at radius 1 is 1.08 bits per heavy atom. The van der Waals surface area contributed by atoms with Gasteiger partial charge in [0.15, 0.2) is 5.76 Å². The summed E-state index contributed by atoms with van der Waals surface area (Å²) in [6.07, 6.45) is 4.94. The highest BCUT2D eigenvalue weighted by molar-refractivity contribution is 5.78. The molecular formula is C20H16N4O2. The fraction of sp³-hybridized carbons (Fsp3) is 0.0500. The normalized spacial score (nSPS) is 10.8. The highest BCUT2D eigenvalue weighted by Crippen LogP contribution is 2.29. The van der Waals surface area contributed by atoms with Gasteiger partial charge in [0.1, 0.15) is 5.69 Å². The molecule has 0 aliphatic carbocycles. The van der Waals surface area contributed by atoms with Crippen LogP contribution in [0.5, 0.6) is 0 Å². The van der Waals surface area contributed by atoms with Gasteiger partial charge in [-0.15, -0.1) is 0 Å². The van der Waals surface area contributed by atoms with Crippen LogP contribution in [0.4, 0.5) is 5.95 Å². The summed E-state index contributed by atoms with van der Waals surface area (Å²) in [5.74, 6) is 0.722. The zero-order chi connectivity index (χ0) is 17.9. The molecule has 0 aliphatic rings. The van der Waals surface area contributed by atoms with E-state index in [1.165, 1.54) is 0 Å². The van der Waals surface area contributed by atoms with Gasteiger partial charge in [0.2, 0.25) is 5.95 Å². The van der Waals surface area contributed by atoms with Crippen molar-refractivity contribution in [3.63, 3.8) is 0 Å². The van der Waals surface area contributed by atoms with Gasteiger partial charge in [0.05, 0.1) is 12.8 Å². The van der Waals surface area contributed by atoms with E-state index >= 15 is 0 Å². The van der Waals surface area contributed by atoms with E-state index in [1.807, 2.05) is 36.4 Å². The summed E-state index contributed by atoms with van der Waals surface area (Å²) in [5.41, 5.74) is 8.65. The Bertz CT molecular complexity index is 1090. The predicted molar refractivity (Wildman–Crippen MR) is 99.4 cm³/mol. The van der Waals surface area contributed by atoms with Gasteiger partial charge in [-0.2, -0.15) is 0 Å². The van der Waals surface area contributed by atoms with Gasteiger partial charge >= 0.3 is 0 Å². The summed E-state index contributed by atoms with van der Waals surface area (Å²) in [6, 6.07) is 16.8. The van der Waals surface area contributed by atoms with Crippen LogP contribution in [0, 0.1) is 0 Å². The van der Waals surface area contributed by atoms with Crippen LogP contribution in [-0.2, 0) is 6.54 Å². The van der Waals surface area contributed by atoms with E-state index in [0.717, 1.165) is 5.56 Å². The average Bonchev–Trinajstić information content (AvgIpc) is 3.19. The van der Waals surface area contributed by atoms with Crippen molar-refractivity contribution in [2.24, 2.45) is 0 Å². The van der Waals surface area contributed by atoms with Crippen molar-refractivity contribution in [1.82, 2.24) is 14.5 Å². The van der Waals surface area contributed by atoms with Crippen LogP contribution >= 0.6 is 0 Å². The molecule has 0 saturated carbocycles.